The summed E-state index contributed by atoms with van der Waals surface area (Å²) in [6.07, 6.45) is 2.52. The lowest BCUT2D eigenvalue weighted by molar-refractivity contribution is -0.119. The number of rotatable bonds is 4. The van der Waals surface area contributed by atoms with Crippen molar-refractivity contribution in [3.05, 3.63) is 65.7 Å². The number of nitrogens with one attached hydrogen (secondary N) is 1. The zero-order valence-electron chi connectivity index (χ0n) is 16.0. The number of aryl methyl sites for hydroxylation is 1. The molecule has 1 N–H and O–H groups in total. The van der Waals surface area contributed by atoms with Crippen molar-refractivity contribution < 1.29 is 14.4 Å². The van der Waals surface area contributed by atoms with Crippen molar-refractivity contribution in [2.45, 2.75) is 6.92 Å². The number of anilines is 1. The molecule has 29 heavy (non-hydrogen) atoms. The monoisotopic (exact) mass is 391 g/mol. The highest BCUT2D eigenvalue weighted by Crippen LogP contribution is 2.18. The normalized spacial score (nSPS) is 14.1. The SMILES string of the molecule is Cc1cccc(NC(=O)c2nc(C(=O)N3CCN(C=O)CC3)n3ccccc23)c1. The average Bonchev–Trinajstić information content (AvgIpc) is 3.13. The number of pyridine rings is 1. The summed E-state index contributed by atoms with van der Waals surface area (Å²) < 4.78 is 1.64. The Kier molecular flexibility index (Phi) is 4.99. The van der Waals surface area contributed by atoms with Gasteiger partial charge in [-0.05, 0) is 36.8 Å². The highest BCUT2D eigenvalue weighted by Gasteiger charge is 2.27. The minimum absolute atomic E-state index is 0.189. The fourth-order valence-electron chi connectivity index (χ4n) is 3.44. The van der Waals surface area contributed by atoms with Gasteiger partial charge in [0, 0.05) is 38.1 Å². The first-order valence-corrected chi connectivity index (χ1v) is 9.40. The number of fused-ring (bicyclic) bond motifs is 1. The third-order valence-electron chi connectivity index (χ3n) is 4.98. The molecule has 1 fully saturated rings. The molecule has 1 aliphatic heterocycles. The van der Waals surface area contributed by atoms with Gasteiger partial charge in [0.25, 0.3) is 11.8 Å². The van der Waals surface area contributed by atoms with Gasteiger partial charge in [-0.25, -0.2) is 4.98 Å². The molecule has 0 atom stereocenters. The summed E-state index contributed by atoms with van der Waals surface area (Å²) in [4.78, 5) is 44.5. The summed E-state index contributed by atoms with van der Waals surface area (Å²) in [6.45, 7) is 3.79. The predicted octanol–water partition coefficient (Wildman–Crippen LogP) is 1.81. The van der Waals surface area contributed by atoms with Crippen molar-refractivity contribution in [2.75, 3.05) is 31.5 Å². The Morgan fingerprint density at radius 2 is 1.86 bits per heavy atom. The highest BCUT2D eigenvalue weighted by atomic mass is 16.2. The number of amides is 3. The molecule has 0 radical (unpaired) electrons. The first kappa shape index (κ1) is 18.7. The Morgan fingerprint density at radius 3 is 2.59 bits per heavy atom. The number of carbonyl (C=O) groups is 3. The van der Waals surface area contributed by atoms with Crippen LogP contribution in [-0.4, -0.2) is 63.6 Å². The number of hydrogen-bond donors (Lipinski definition) is 1. The second-order valence-electron chi connectivity index (χ2n) is 7.00. The largest absolute Gasteiger partial charge is 0.342 e. The van der Waals surface area contributed by atoms with Crippen LogP contribution in [-0.2, 0) is 4.79 Å². The minimum atomic E-state index is -0.371. The topological polar surface area (TPSA) is 87.0 Å². The Bertz CT molecular complexity index is 1080. The third-order valence-corrected chi connectivity index (χ3v) is 4.98. The van der Waals surface area contributed by atoms with E-state index in [0.29, 0.717) is 37.4 Å². The summed E-state index contributed by atoms with van der Waals surface area (Å²) in [6, 6.07) is 12.8. The minimum Gasteiger partial charge on any atom is -0.342 e. The van der Waals surface area contributed by atoms with E-state index in [-0.39, 0.29) is 23.3 Å². The number of hydrogen-bond acceptors (Lipinski definition) is 4. The third kappa shape index (κ3) is 3.69. The molecule has 0 bridgehead atoms. The molecule has 0 unspecified atom stereocenters. The van der Waals surface area contributed by atoms with E-state index in [1.54, 1.807) is 38.6 Å². The molecule has 0 saturated carbocycles. The van der Waals surface area contributed by atoms with Gasteiger partial charge in [0.15, 0.2) is 5.69 Å². The molecule has 1 aliphatic rings. The molecule has 1 saturated heterocycles. The highest BCUT2D eigenvalue weighted by molar-refractivity contribution is 6.09. The molecule has 4 rings (SSSR count). The summed E-state index contributed by atoms with van der Waals surface area (Å²) in [5.74, 6) is -0.440. The number of nitrogens with zero attached hydrogens (tertiary/aromatic N) is 4. The number of piperazine rings is 1. The maximum atomic E-state index is 13.1. The van der Waals surface area contributed by atoms with Crippen molar-refractivity contribution >= 4 is 29.4 Å². The lowest BCUT2D eigenvalue weighted by atomic mass is 10.2. The predicted molar refractivity (Wildman–Crippen MR) is 108 cm³/mol. The first-order valence-electron chi connectivity index (χ1n) is 9.40. The molecule has 0 aliphatic carbocycles. The van der Waals surface area contributed by atoms with Crippen LogP contribution in [0.2, 0.25) is 0 Å². The Labute approximate surface area is 167 Å². The first-order chi connectivity index (χ1) is 14.1. The summed E-state index contributed by atoms with van der Waals surface area (Å²) in [5, 5.41) is 2.85. The van der Waals surface area contributed by atoms with Crippen LogP contribution in [0, 0.1) is 6.92 Å². The molecule has 148 valence electrons. The molecule has 3 heterocycles. The number of benzene rings is 1. The second-order valence-corrected chi connectivity index (χ2v) is 7.00. The van der Waals surface area contributed by atoms with E-state index in [1.807, 2.05) is 31.2 Å². The van der Waals surface area contributed by atoms with Crippen molar-refractivity contribution in [1.82, 2.24) is 19.2 Å². The number of imidazole rings is 1. The summed E-state index contributed by atoms with van der Waals surface area (Å²) >= 11 is 0. The Hall–Kier alpha value is -3.68. The van der Waals surface area contributed by atoms with Gasteiger partial charge >= 0.3 is 0 Å². The molecular formula is C21H21N5O3. The van der Waals surface area contributed by atoms with Crippen LogP contribution in [0.3, 0.4) is 0 Å². The zero-order valence-corrected chi connectivity index (χ0v) is 16.0. The maximum absolute atomic E-state index is 13.1. The quantitative estimate of drug-likeness (QED) is 0.687. The van der Waals surface area contributed by atoms with Crippen molar-refractivity contribution in [1.29, 1.82) is 0 Å². The van der Waals surface area contributed by atoms with Crippen LogP contribution < -0.4 is 5.32 Å². The van der Waals surface area contributed by atoms with E-state index >= 15 is 0 Å². The average molecular weight is 391 g/mol. The molecule has 8 nitrogen and oxygen atoms in total. The smallest absolute Gasteiger partial charge is 0.290 e. The fraction of sp³-hybridized carbons (Fsp3) is 0.238. The maximum Gasteiger partial charge on any atom is 0.290 e. The van der Waals surface area contributed by atoms with Gasteiger partial charge in [-0.3, -0.25) is 18.8 Å². The lowest BCUT2D eigenvalue weighted by Gasteiger charge is -2.32. The fourth-order valence-corrected chi connectivity index (χ4v) is 3.44. The van der Waals surface area contributed by atoms with Gasteiger partial charge in [0.1, 0.15) is 0 Å². The summed E-state index contributed by atoms with van der Waals surface area (Å²) in [5.41, 5.74) is 2.46. The molecular weight excluding hydrogens is 370 g/mol. The van der Waals surface area contributed by atoms with Crippen LogP contribution in [0.1, 0.15) is 26.7 Å². The molecule has 3 amide bonds. The van der Waals surface area contributed by atoms with Gasteiger partial charge in [0.05, 0.1) is 5.52 Å². The van der Waals surface area contributed by atoms with E-state index in [0.717, 1.165) is 12.0 Å². The van der Waals surface area contributed by atoms with Crippen LogP contribution in [0.15, 0.2) is 48.7 Å². The van der Waals surface area contributed by atoms with E-state index in [9.17, 15) is 14.4 Å². The number of carbonyl (C=O) groups excluding carboxylic acids is 3. The van der Waals surface area contributed by atoms with Crippen molar-refractivity contribution in [3.63, 3.8) is 0 Å². The zero-order chi connectivity index (χ0) is 20.4. The summed E-state index contributed by atoms with van der Waals surface area (Å²) in [7, 11) is 0. The van der Waals surface area contributed by atoms with Crippen molar-refractivity contribution in [3.8, 4) is 0 Å². The van der Waals surface area contributed by atoms with E-state index in [4.69, 9.17) is 0 Å². The van der Waals surface area contributed by atoms with Crippen molar-refractivity contribution in [2.24, 2.45) is 0 Å². The lowest BCUT2D eigenvalue weighted by Crippen LogP contribution is -2.48. The van der Waals surface area contributed by atoms with Crippen LogP contribution in [0.25, 0.3) is 5.52 Å². The van der Waals surface area contributed by atoms with Crippen LogP contribution in [0.4, 0.5) is 5.69 Å². The molecule has 1 aromatic carbocycles. The molecule has 0 spiro atoms. The van der Waals surface area contributed by atoms with E-state index < -0.39 is 0 Å². The molecule has 2 aromatic heterocycles. The molecule has 8 heteroatoms. The van der Waals surface area contributed by atoms with Gasteiger partial charge in [0.2, 0.25) is 12.2 Å². The second kappa shape index (κ2) is 7.75. The van der Waals surface area contributed by atoms with E-state index in [2.05, 4.69) is 10.3 Å². The Balaban J connectivity index is 1.64. The Morgan fingerprint density at radius 1 is 1.07 bits per heavy atom. The standard InChI is InChI=1S/C21H21N5O3/c1-15-5-4-6-16(13-15)22-20(28)18-17-7-2-3-8-26(17)19(23-18)21(29)25-11-9-24(14-27)10-12-25/h2-8,13-14H,9-12H2,1H3,(H,22,28). The van der Waals surface area contributed by atoms with Gasteiger partial charge in [-0.15, -0.1) is 0 Å². The van der Waals surface area contributed by atoms with Gasteiger partial charge in [-0.2, -0.15) is 0 Å². The van der Waals surface area contributed by atoms with E-state index in [1.165, 1.54) is 0 Å². The van der Waals surface area contributed by atoms with Gasteiger partial charge < -0.3 is 15.1 Å². The van der Waals surface area contributed by atoms with Gasteiger partial charge in [-0.1, -0.05) is 18.2 Å². The van der Waals surface area contributed by atoms with Crippen LogP contribution in [0.5, 0.6) is 0 Å². The van der Waals surface area contributed by atoms with Crippen LogP contribution >= 0.6 is 0 Å². The molecule has 3 aromatic rings. The number of aromatic nitrogens is 2.